The Labute approximate surface area is 171 Å². The van der Waals surface area contributed by atoms with Gasteiger partial charge in [0.05, 0.1) is 19.3 Å². The number of hydrogen-bond donors (Lipinski definition) is 0. The molecule has 0 bridgehead atoms. The summed E-state index contributed by atoms with van der Waals surface area (Å²) < 4.78 is 7.45. The van der Waals surface area contributed by atoms with E-state index in [0.29, 0.717) is 12.5 Å². The summed E-state index contributed by atoms with van der Waals surface area (Å²) in [5.41, 5.74) is 4.24. The van der Waals surface area contributed by atoms with Gasteiger partial charge in [-0.15, -0.1) is 0 Å². The van der Waals surface area contributed by atoms with Crippen LogP contribution >= 0.6 is 0 Å². The summed E-state index contributed by atoms with van der Waals surface area (Å²) in [7, 11) is 1.67. The first kappa shape index (κ1) is 18.2. The highest BCUT2D eigenvalue weighted by molar-refractivity contribution is 6.12. The monoisotopic (exact) mass is 386 g/mol. The summed E-state index contributed by atoms with van der Waals surface area (Å²) in [5, 5.41) is 1.07. The summed E-state index contributed by atoms with van der Waals surface area (Å²) in [4.78, 5) is 15.5. The van der Waals surface area contributed by atoms with Gasteiger partial charge in [0.2, 0.25) is 5.78 Å². The zero-order valence-corrected chi connectivity index (χ0v) is 16.8. The van der Waals surface area contributed by atoms with Gasteiger partial charge in [0.15, 0.2) is 0 Å². The quantitative estimate of drug-likeness (QED) is 0.611. The van der Waals surface area contributed by atoms with Crippen molar-refractivity contribution in [3.8, 4) is 5.75 Å². The summed E-state index contributed by atoms with van der Waals surface area (Å²) in [6, 6.07) is 18.7. The lowest BCUT2D eigenvalue weighted by atomic mass is 9.93. The number of ether oxygens (including phenoxy) is 1. The van der Waals surface area contributed by atoms with Crippen LogP contribution in [0.2, 0.25) is 0 Å². The fraction of sp³-hybridized carbons (Fsp3) is 0.320. The zero-order chi connectivity index (χ0) is 19.8. The number of methoxy groups -OCH3 is 1. The van der Waals surface area contributed by atoms with E-state index in [2.05, 4.69) is 51.9 Å². The van der Waals surface area contributed by atoms with Gasteiger partial charge in [0.1, 0.15) is 5.75 Å². The van der Waals surface area contributed by atoms with Crippen LogP contribution in [0, 0.1) is 5.92 Å². The first-order valence-electron chi connectivity index (χ1n) is 10.4. The number of benzene rings is 2. The maximum atomic E-state index is 13.0. The molecule has 0 spiro atoms. The van der Waals surface area contributed by atoms with Gasteiger partial charge in [-0.1, -0.05) is 36.4 Å². The van der Waals surface area contributed by atoms with Gasteiger partial charge in [-0.2, -0.15) is 0 Å². The van der Waals surface area contributed by atoms with Crippen LogP contribution in [0.15, 0.2) is 66.2 Å². The molecule has 0 saturated carbocycles. The van der Waals surface area contributed by atoms with Crippen LogP contribution in [0.4, 0.5) is 0 Å². The molecule has 4 nitrogen and oxygen atoms in total. The summed E-state index contributed by atoms with van der Waals surface area (Å²) in [6.45, 7) is 3.89. The van der Waals surface area contributed by atoms with E-state index in [1.165, 1.54) is 5.56 Å². The topological polar surface area (TPSA) is 34.5 Å². The summed E-state index contributed by atoms with van der Waals surface area (Å²) in [5.74, 6) is 1.51. The lowest BCUT2D eigenvalue weighted by Gasteiger charge is -2.30. The van der Waals surface area contributed by atoms with E-state index >= 15 is 0 Å². The number of nitrogens with zero attached hydrogens (tertiary/aromatic N) is 2. The minimum Gasteiger partial charge on any atom is -0.497 e. The molecule has 2 aliphatic rings. The van der Waals surface area contributed by atoms with E-state index in [1.807, 2.05) is 18.2 Å². The van der Waals surface area contributed by atoms with Crippen molar-refractivity contribution in [1.82, 2.24) is 9.47 Å². The second kappa shape index (κ2) is 7.53. The van der Waals surface area contributed by atoms with Crippen LogP contribution in [-0.2, 0) is 13.1 Å². The highest BCUT2D eigenvalue weighted by atomic mass is 16.5. The Balaban J connectivity index is 1.26. The van der Waals surface area contributed by atoms with Crippen LogP contribution in [0.25, 0.3) is 10.9 Å². The van der Waals surface area contributed by atoms with E-state index in [9.17, 15) is 4.79 Å². The Hall–Kier alpha value is -2.85. The number of piperidine rings is 1. The molecular formula is C25H26N2O2. The average molecular weight is 386 g/mol. The van der Waals surface area contributed by atoms with E-state index < -0.39 is 0 Å². The number of aromatic nitrogens is 1. The number of Topliss-reactive ketones (excluding diaryl/α,β-unsaturated/α-hetero) is 1. The molecule has 0 unspecified atom stereocenters. The van der Waals surface area contributed by atoms with Crippen molar-refractivity contribution in [3.05, 3.63) is 77.5 Å². The highest BCUT2D eigenvalue weighted by Gasteiger charge is 2.28. The lowest BCUT2D eigenvalue weighted by molar-refractivity contribution is 0.103. The molecule has 5 rings (SSSR count). The standard InChI is InChI=1S/C25H26N2O2/c1-29-22-7-8-23-20(14-22)15-24-25(28)21(17-27(23)24)13-18-9-11-26(12-10-18)16-19-5-3-2-4-6-19/h2-8,13-15,18H,9-12,16-17H2,1H3/b21-13-. The molecule has 0 N–H and O–H groups in total. The molecule has 1 aromatic heterocycles. The summed E-state index contributed by atoms with van der Waals surface area (Å²) >= 11 is 0. The average Bonchev–Trinajstić information content (AvgIpc) is 3.26. The molecule has 29 heavy (non-hydrogen) atoms. The third kappa shape index (κ3) is 3.49. The number of carbonyl (C=O) groups excluding carboxylic acids is 1. The Morgan fingerprint density at radius 1 is 1.07 bits per heavy atom. The molecule has 4 heteroatoms. The van der Waals surface area contributed by atoms with Crippen molar-refractivity contribution in [2.24, 2.45) is 5.92 Å². The van der Waals surface area contributed by atoms with Crippen molar-refractivity contribution in [2.75, 3.05) is 20.2 Å². The first-order chi connectivity index (χ1) is 14.2. The number of allylic oxidation sites excluding steroid dienone is 2. The molecule has 148 valence electrons. The molecule has 3 aromatic rings. The maximum absolute atomic E-state index is 13.0. The molecule has 0 amide bonds. The number of rotatable bonds is 4. The van der Waals surface area contributed by atoms with Gasteiger partial charge in [-0.05, 0) is 61.7 Å². The van der Waals surface area contributed by atoms with Crippen molar-refractivity contribution >= 4 is 16.7 Å². The van der Waals surface area contributed by atoms with E-state index in [4.69, 9.17) is 4.74 Å². The Morgan fingerprint density at radius 3 is 2.62 bits per heavy atom. The number of likely N-dealkylation sites (tertiary alicyclic amines) is 1. The van der Waals surface area contributed by atoms with Crippen LogP contribution in [0.1, 0.15) is 28.9 Å². The number of hydrogen-bond acceptors (Lipinski definition) is 3. The largest absolute Gasteiger partial charge is 0.497 e. The molecule has 2 aliphatic heterocycles. The molecule has 1 fully saturated rings. The first-order valence-corrected chi connectivity index (χ1v) is 10.4. The third-order valence-electron chi connectivity index (χ3n) is 6.28. The fourth-order valence-corrected chi connectivity index (χ4v) is 4.67. The SMILES string of the molecule is COc1ccc2c(c1)cc1n2C/C(=C/C2CCN(Cc3ccccc3)CC2)C1=O. The van der Waals surface area contributed by atoms with Crippen molar-refractivity contribution in [3.63, 3.8) is 0 Å². The second-order valence-electron chi connectivity index (χ2n) is 8.16. The normalized spacial score (nSPS) is 19.2. The van der Waals surface area contributed by atoms with Crippen molar-refractivity contribution in [1.29, 1.82) is 0 Å². The minimum absolute atomic E-state index is 0.187. The molecule has 1 saturated heterocycles. The van der Waals surface area contributed by atoms with Crippen molar-refractivity contribution in [2.45, 2.75) is 25.9 Å². The minimum atomic E-state index is 0.187. The fourth-order valence-electron chi connectivity index (χ4n) is 4.67. The number of fused-ring (bicyclic) bond motifs is 3. The Morgan fingerprint density at radius 2 is 1.86 bits per heavy atom. The van der Waals surface area contributed by atoms with Gasteiger partial charge < -0.3 is 9.30 Å². The molecule has 0 aliphatic carbocycles. The van der Waals surface area contributed by atoms with E-state index in [-0.39, 0.29) is 5.78 Å². The number of ketones is 1. The molecule has 0 radical (unpaired) electrons. The van der Waals surface area contributed by atoms with Gasteiger partial charge in [-0.3, -0.25) is 9.69 Å². The number of carbonyl (C=O) groups is 1. The van der Waals surface area contributed by atoms with Gasteiger partial charge in [-0.25, -0.2) is 0 Å². The zero-order valence-electron chi connectivity index (χ0n) is 16.8. The lowest BCUT2D eigenvalue weighted by Crippen LogP contribution is -2.32. The molecule has 0 atom stereocenters. The predicted molar refractivity (Wildman–Crippen MR) is 115 cm³/mol. The second-order valence-corrected chi connectivity index (χ2v) is 8.16. The summed E-state index contributed by atoms with van der Waals surface area (Å²) in [6.07, 6.45) is 4.50. The molecule has 2 aromatic carbocycles. The van der Waals surface area contributed by atoms with Gasteiger partial charge in [0.25, 0.3) is 0 Å². The van der Waals surface area contributed by atoms with E-state index in [1.54, 1.807) is 7.11 Å². The van der Waals surface area contributed by atoms with Crippen LogP contribution < -0.4 is 4.74 Å². The predicted octanol–water partition coefficient (Wildman–Crippen LogP) is 4.68. The highest BCUT2D eigenvalue weighted by Crippen LogP contribution is 2.32. The maximum Gasteiger partial charge on any atom is 0.206 e. The smallest absolute Gasteiger partial charge is 0.206 e. The van der Waals surface area contributed by atoms with E-state index in [0.717, 1.165) is 60.4 Å². The van der Waals surface area contributed by atoms with Crippen LogP contribution in [0.3, 0.4) is 0 Å². The van der Waals surface area contributed by atoms with Crippen LogP contribution in [-0.4, -0.2) is 35.4 Å². The molecular weight excluding hydrogens is 360 g/mol. The van der Waals surface area contributed by atoms with Crippen molar-refractivity contribution < 1.29 is 9.53 Å². The molecule has 3 heterocycles. The Kier molecular flexibility index (Phi) is 4.72. The van der Waals surface area contributed by atoms with Gasteiger partial charge in [0, 0.05) is 23.0 Å². The Bertz CT molecular complexity index is 1070. The van der Waals surface area contributed by atoms with Crippen LogP contribution in [0.5, 0.6) is 5.75 Å². The van der Waals surface area contributed by atoms with Gasteiger partial charge >= 0.3 is 0 Å². The third-order valence-corrected chi connectivity index (χ3v) is 6.28.